The number of carbonyl (C=O) groups excluding carboxylic acids is 2. The highest BCUT2D eigenvalue weighted by atomic mass is 32.1. The van der Waals surface area contributed by atoms with E-state index in [1.807, 2.05) is 24.4 Å². The van der Waals surface area contributed by atoms with Crippen molar-refractivity contribution < 1.29 is 14.0 Å². The van der Waals surface area contributed by atoms with E-state index in [1.54, 1.807) is 28.2 Å². The third kappa shape index (κ3) is 6.28. The molecule has 0 aliphatic rings. The number of hydrogen-bond acceptors (Lipinski definition) is 4. The van der Waals surface area contributed by atoms with E-state index in [4.69, 9.17) is 0 Å². The first-order valence-corrected chi connectivity index (χ1v) is 8.90. The van der Waals surface area contributed by atoms with E-state index in [0.717, 1.165) is 4.88 Å². The minimum absolute atomic E-state index is 0.0204. The number of rotatable bonds is 8. The van der Waals surface area contributed by atoms with E-state index in [0.29, 0.717) is 18.8 Å². The van der Waals surface area contributed by atoms with Gasteiger partial charge in [-0.1, -0.05) is 6.07 Å². The number of anilines is 1. The monoisotopic (exact) mass is 363 g/mol. The molecule has 0 saturated carbocycles. The fraction of sp³-hybridized carbons (Fsp3) is 0.333. The topological polar surface area (TPSA) is 52.7 Å². The van der Waals surface area contributed by atoms with Crippen LogP contribution in [-0.2, 0) is 16.1 Å². The second kappa shape index (κ2) is 9.29. The Kier molecular flexibility index (Phi) is 7.09. The molecule has 0 spiro atoms. The van der Waals surface area contributed by atoms with Gasteiger partial charge < -0.3 is 10.2 Å². The number of nitrogens with one attached hydrogen (secondary N) is 1. The lowest BCUT2D eigenvalue weighted by molar-refractivity contribution is -0.132. The van der Waals surface area contributed by atoms with Crippen LogP contribution in [0.25, 0.3) is 0 Å². The third-order valence-corrected chi connectivity index (χ3v) is 4.47. The first-order chi connectivity index (χ1) is 12.0. The summed E-state index contributed by atoms with van der Waals surface area (Å²) in [5.74, 6) is -0.623. The van der Waals surface area contributed by atoms with Crippen LogP contribution in [0.5, 0.6) is 0 Å². The zero-order chi connectivity index (χ0) is 18.2. The molecular formula is C18H22FN3O2S. The van der Waals surface area contributed by atoms with E-state index >= 15 is 0 Å². The molecule has 2 rings (SSSR count). The summed E-state index contributed by atoms with van der Waals surface area (Å²) in [6, 6.07) is 9.53. The van der Waals surface area contributed by atoms with Crippen molar-refractivity contribution in [1.82, 2.24) is 9.80 Å². The molecule has 0 bridgehead atoms. The molecule has 1 aromatic carbocycles. The molecule has 25 heavy (non-hydrogen) atoms. The molecule has 2 aromatic rings. The molecule has 0 fully saturated rings. The zero-order valence-electron chi connectivity index (χ0n) is 14.4. The third-order valence-electron chi connectivity index (χ3n) is 3.61. The zero-order valence-corrected chi connectivity index (χ0v) is 15.2. The van der Waals surface area contributed by atoms with Crippen molar-refractivity contribution in [1.29, 1.82) is 0 Å². The maximum absolute atomic E-state index is 12.9. The van der Waals surface area contributed by atoms with Crippen molar-refractivity contribution in [3.05, 3.63) is 52.5 Å². The standard InChI is InChI=1S/C18H22FN3O2S/c1-3-22(11-16-5-4-10-25-16)18(24)13-21(2)12-17(23)20-15-8-6-14(19)7-9-15/h4-10H,3,11-13H2,1-2H3,(H,20,23). The average Bonchev–Trinajstić information content (AvgIpc) is 3.07. The van der Waals surface area contributed by atoms with E-state index in [-0.39, 0.29) is 30.7 Å². The molecule has 1 heterocycles. The van der Waals surface area contributed by atoms with Crippen LogP contribution in [0.4, 0.5) is 10.1 Å². The van der Waals surface area contributed by atoms with Crippen molar-refractivity contribution >= 4 is 28.8 Å². The fourth-order valence-electron chi connectivity index (χ4n) is 2.33. The number of likely N-dealkylation sites (N-methyl/N-ethyl adjacent to an activating group) is 2. The number of carbonyl (C=O) groups is 2. The molecule has 0 saturated heterocycles. The van der Waals surface area contributed by atoms with Crippen LogP contribution in [0.3, 0.4) is 0 Å². The molecule has 1 N–H and O–H groups in total. The molecule has 2 amide bonds. The van der Waals surface area contributed by atoms with Gasteiger partial charge in [-0.05, 0) is 49.7 Å². The van der Waals surface area contributed by atoms with Crippen molar-refractivity contribution in [3.8, 4) is 0 Å². The number of hydrogen-bond donors (Lipinski definition) is 1. The minimum Gasteiger partial charge on any atom is -0.337 e. The smallest absolute Gasteiger partial charge is 0.238 e. The summed E-state index contributed by atoms with van der Waals surface area (Å²) in [7, 11) is 1.72. The molecule has 0 unspecified atom stereocenters. The van der Waals surface area contributed by atoms with Gasteiger partial charge in [0.1, 0.15) is 5.82 Å². The van der Waals surface area contributed by atoms with Gasteiger partial charge in [-0.25, -0.2) is 4.39 Å². The van der Waals surface area contributed by atoms with E-state index in [2.05, 4.69) is 5.32 Å². The van der Waals surface area contributed by atoms with Crippen LogP contribution in [-0.4, -0.2) is 48.3 Å². The minimum atomic E-state index is -0.355. The van der Waals surface area contributed by atoms with Gasteiger partial charge in [0, 0.05) is 17.1 Å². The number of amides is 2. The largest absolute Gasteiger partial charge is 0.337 e. The summed E-state index contributed by atoms with van der Waals surface area (Å²) in [5, 5.41) is 4.67. The Morgan fingerprint density at radius 3 is 2.48 bits per heavy atom. The summed E-state index contributed by atoms with van der Waals surface area (Å²) in [6.45, 7) is 3.39. The van der Waals surface area contributed by atoms with Gasteiger partial charge >= 0.3 is 0 Å². The molecule has 0 atom stereocenters. The number of halogens is 1. The van der Waals surface area contributed by atoms with E-state index in [9.17, 15) is 14.0 Å². The Hall–Kier alpha value is -2.25. The first-order valence-electron chi connectivity index (χ1n) is 8.02. The van der Waals surface area contributed by atoms with Gasteiger partial charge in [0.05, 0.1) is 19.6 Å². The summed E-state index contributed by atoms with van der Waals surface area (Å²) in [6.07, 6.45) is 0. The Balaban J connectivity index is 1.81. The Morgan fingerprint density at radius 2 is 1.88 bits per heavy atom. The lowest BCUT2D eigenvalue weighted by Crippen LogP contribution is -2.41. The van der Waals surface area contributed by atoms with Crippen molar-refractivity contribution in [2.45, 2.75) is 13.5 Å². The number of benzene rings is 1. The van der Waals surface area contributed by atoms with Gasteiger partial charge in [-0.3, -0.25) is 14.5 Å². The normalized spacial score (nSPS) is 10.7. The van der Waals surface area contributed by atoms with Gasteiger partial charge in [-0.15, -0.1) is 11.3 Å². The van der Waals surface area contributed by atoms with Crippen LogP contribution < -0.4 is 5.32 Å². The van der Waals surface area contributed by atoms with Gasteiger partial charge in [0.25, 0.3) is 0 Å². The highest BCUT2D eigenvalue weighted by molar-refractivity contribution is 7.09. The Morgan fingerprint density at radius 1 is 1.16 bits per heavy atom. The Bertz CT molecular complexity index is 689. The summed E-state index contributed by atoms with van der Waals surface area (Å²) >= 11 is 1.62. The summed E-state index contributed by atoms with van der Waals surface area (Å²) in [4.78, 5) is 29.0. The van der Waals surface area contributed by atoms with Crippen LogP contribution in [0.2, 0.25) is 0 Å². The molecule has 0 aliphatic carbocycles. The maximum Gasteiger partial charge on any atom is 0.238 e. The average molecular weight is 363 g/mol. The van der Waals surface area contributed by atoms with Crippen molar-refractivity contribution in [2.75, 3.05) is 32.0 Å². The highest BCUT2D eigenvalue weighted by Gasteiger charge is 2.16. The van der Waals surface area contributed by atoms with Gasteiger partial charge in [0.15, 0.2) is 0 Å². The second-order valence-corrected chi connectivity index (χ2v) is 6.75. The summed E-state index contributed by atoms with van der Waals surface area (Å²) < 4.78 is 12.9. The predicted octanol–water partition coefficient (Wildman–Crippen LogP) is 2.81. The van der Waals surface area contributed by atoms with Crippen LogP contribution in [0, 0.1) is 5.82 Å². The van der Waals surface area contributed by atoms with Gasteiger partial charge in [0.2, 0.25) is 11.8 Å². The predicted molar refractivity (Wildman–Crippen MR) is 97.9 cm³/mol. The van der Waals surface area contributed by atoms with Crippen molar-refractivity contribution in [2.24, 2.45) is 0 Å². The number of nitrogens with zero attached hydrogens (tertiary/aromatic N) is 2. The fourth-order valence-corrected chi connectivity index (χ4v) is 3.05. The van der Waals surface area contributed by atoms with Crippen molar-refractivity contribution in [3.63, 3.8) is 0 Å². The summed E-state index contributed by atoms with van der Waals surface area (Å²) in [5.41, 5.74) is 0.527. The van der Waals surface area contributed by atoms with E-state index in [1.165, 1.54) is 24.3 Å². The molecule has 1 aromatic heterocycles. The lowest BCUT2D eigenvalue weighted by atomic mass is 10.3. The molecule has 0 radical (unpaired) electrons. The SMILES string of the molecule is CCN(Cc1cccs1)C(=O)CN(C)CC(=O)Nc1ccc(F)cc1. The first kappa shape index (κ1) is 19.1. The van der Waals surface area contributed by atoms with E-state index < -0.39 is 0 Å². The second-order valence-electron chi connectivity index (χ2n) is 5.71. The van der Waals surface area contributed by atoms with Crippen LogP contribution in [0.15, 0.2) is 41.8 Å². The quantitative estimate of drug-likeness (QED) is 0.785. The molecule has 134 valence electrons. The maximum atomic E-state index is 12.9. The number of thiophene rings is 1. The lowest BCUT2D eigenvalue weighted by Gasteiger charge is -2.23. The highest BCUT2D eigenvalue weighted by Crippen LogP contribution is 2.12. The van der Waals surface area contributed by atoms with Crippen LogP contribution in [0.1, 0.15) is 11.8 Å². The van der Waals surface area contributed by atoms with Crippen LogP contribution >= 0.6 is 11.3 Å². The molecule has 5 nitrogen and oxygen atoms in total. The Labute approximate surface area is 151 Å². The molecule has 0 aliphatic heterocycles. The van der Waals surface area contributed by atoms with Gasteiger partial charge in [-0.2, -0.15) is 0 Å². The molecule has 7 heteroatoms. The molecular weight excluding hydrogens is 341 g/mol.